The van der Waals surface area contributed by atoms with Gasteiger partial charge in [0.25, 0.3) is 5.91 Å². The zero-order valence-corrected chi connectivity index (χ0v) is 14.0. The summed E-state index contributed by atoms with van der Waals surface area (Å²) >= 11 is 0. The van der Waals surface area contributed by atoms with Crippen molar-refractivity contribution in [1.29, 1.82) is 0 Å². The van der Waals surface area contributed by atoms with Crippen molar-refractivity contribution in [2.45, 2.75) is 13.8 Å². The Hall–Kier alpha value is -3.21. The SMILES string of the molecule is Cc1ccc(Nc2cncc(C(=O)Nc3ccc(F)cc3)c2)cc1C. The van der Waals surface area contributed by atoms with E-state index in [4.69, 9.17) is 0 Å². The van der Waals surface area contributed by atoms with Crippen LogP contribution in [0.1, 0.15) is 21.5 Å². The molecule has 1 amide bonds. The largest absolute Gasteiger partial charge is 0.354 e. The van der Waals surface area contributed by atoms with Crippen LogP contribution >= 0.6 is 0 Å². The van der Waals surface area contributed by atoms with Crippen molar-refractivity contribution in [3.8, 4) is 0 Å². The monoisotopic (exact) mass is 335 g/mol. The van der Waals surface area contributed by atoms with Crippen LogP contribution < -0.4 is 10.6 Å². The van der Waals surface area contributed by atoms with Gasteiger partial charge >= 0.3 is 0 Å². The van der Waals surface area contributed by atoms with Crippen molar-refractivity contribution in [2.75, 3.05) is 10.6 Å². The number of carbonyl (C=O) groups excluding carboxylic acids is 1. The minimum absolute atomic E-state index is 0.303. The number of pyridine rings is 1. The molecule has 0 radical (unpaired) electrons. The minimum atomic E-state index is -0.348. The molecule has 3 aromatic rings. The smallest absolute Gasteiger partial charge is 0.257 e. The maximum absolute atomic E-state index is 12.9. The molecule has 0 atom stereocenters. The molecule has 1 aromatic heterocycles. The number of hydrogen-bond donors (Lipinski definition) is 2. The lowest BCUT2D eigenvalue weighted by Crippen LogP contribution is -2.12. The fourth-order valence-electron chi connectivity index (χ4n) is 2.35. The van der Waals surface area contributed by atoms with Crippen molar-refractivity contribution < 1.29 is 9.18 Å². The van der Waals surface area contributed by atoms with Crippen LogP contribution in [0.2, 0.25) is 0 Å². The number of rotatable bonds is 4. The summed E-state index contributed by atoms with van der Waals surface area (Å²) in [6.07, 6.45) is 3.15. The Balaban J connectivity index is 1.75. The Morgan fingerprint density at radius 1 is 0.880 bits per heavy atom. The first-order chi connectivity index (χ1) is 12.0. The number of hydrogen-bond acceptors (Lipinski definition) is 3. The first kappa shape index (κ1) is 16.6. The van der Waals surface area contributed by atoms with Gasteiger partial charge < -0.3 is 10.6 Å². The number of nitrogens with zero attached hydrogens (tertiary/aromatic N) is 1. The van der Waals surface area contributed by atoms with Gasteiger partial charge in [0.05, 0.1) is 17.4 Å². The number of benzene rings is 2. The van der Waals surface area contributed by atoms with E-state index in [0.29, 0.717) is 11.3 Å². The number of anilines is 3. The van der Waals surface area contributed by atoms with Gasteiger partial charge in [-0.1, -0.05) is 6.07 Å². The van der Waals surface area contributed by atoms with Crippen molar-refractivity contribution in [1.82, 2.24) is 4.98 Å². The summed E-state index contributed by atoms with van der Waals surface area (Å²) in [5.41, 5.74) is 4.99. The van der Waals surface area contributed by atoms with E-state index < -0.39 is 0 Å². The Kier molecular flexibility index (Phi) is 4.75. The van der Waals surface area contributed by atoms with E-state index in [1.165, 1.54) is 41.6 Å². The summed E-state index contributed by atoms with van der Waals surface area (Å²) in [6.45, 7) is 4.10. The van der Waals surface area contributed by atoms with Gasteiger partial charge in [-0.25, -0.2) is 4.39 Å². The Bertz CT molecular complexity index is 907. The van der Waals surface area contributed by atoms with E-state index in [1.807, 2.05) is 25.1 Å². The van der Waals surface area contributed by atoms with E-state index in [0.717, 1.165) is 11.4 Å². The molecular formula is C20H18FN3O. The van der Waals surface area contributed by atoms with Crippen LogP contribution in [-0.2, 0) is 0 Å². The molecule has 3 rings (SSSR count). The van der Waals surface area contributed by atoms with Gasteiger partial charge in [0.15, 0.2) is 0 Å². The number of nitrogens with one attached hydrogen (secondary N) is 2. The van der Waals surface area contributed by atoms with Crippen LogP contribution in [0.5, 0.6) is 0 Å². The normalized spacial score (nSPS) is 10.4. The highest BCUT2D eigenvalue weighted by molar-refractivity contribution is 6.04. The van der Waals surface area contributed by atoms with Gasteiger partial charge in [-0.05, 0) is 67.4 Å². The number of carbonyl (C=O) groups is 1. The molecule has 4 nitrogen and oxygen atoms in total. The van der Waals surface area contributed by atoms with E-state index in [1.54, 1.807) is 12.3 Å². The quantitative estimate of drug-likeness (QED) is 0.718. The predicted molar refractivity (Wildman–Crippen MR) is 97.8 cm³/mol. The zero-order chi connectivity index (χ0) is 17.8. The standard InChI is InChI=1S/C20H18FN3O/c1-13-3-6-18(9-14(13)2)23-19-10-15(11-22-12-19)20(25)24-17-7-4-16(21)5-8-17/h3-12,23H,1-2H3,(H,24,25). The molecule has 0 fully saturated rings. The lowest BCUT2D eigenvalue weighted by Gasteiger charge is -2.10. The van der Waals surface area contributed by atoms with Crippen LogP contribution in [0.25, 0.3) is 0 Å². The molecule has 0 saturated carbocycles. The summed E-state index contributed by atoms with van der Waals surface area (Å²) in [5, 5.41) is 5.97. The highest BCUT2D eigenvalue weighted by Gasteiger charge is 2.08. The van der Waals surface area contributed by atoms with Crippen LogP contribution in [0.3, 0.4) is 0 Å². The third-order valence-corrected chi connectivity index (χ3v) is 3.90. The molecule has 0 saturated heterocycles. The lowest BCUT2D eigenvalue weighted by atomic mass is 10.1. The van der Waals surface area contributed by atoms with Gasteiger partial charge in [0.2, 0.25) is 0 Å². The average Bonchev–Trinajstić information content (AvgIpc) is 2.60. The molecule has 25 heavy (non-hydrogen) atoms. The van der Waals surface area contributed by atoms with Crippen molar-refractivity contribution >= 4 is 23.0 Å². The second-order valence-electron chi connectivity index (χ2n) is 5.85. The molecule has 0 aliphatic heterocycles. The Morgan fingerprint density at radius 2 is 1.60 bits per heavy atom. The Labute approximate surface area is 145 Å². The van der Waals surface area contributed by atoms with E-state index >= 15 is 0 Å². The topological polar surface area (TPSA) is 54.0 Å². The molecule has 0 unspecified atom stereocenters. The fraction of sp³-hybridized carbons (Fsp3) is 0.100. The first-order valence-electron chi connectivity index (χ1n) is 7.87. The molecule has 0 spiro atoms. The van der Waals surface area contributed by atoms with Gasteiger partial charge in [0, 0.05) is 17.6 Å². The first-order valence-corrected chi connectivity index (χ1v) is 7.87. The minimum Gasteiger partial charge on any atom is -0.354 e. The molecule has 2 N–H and O–H groups in total. The highest BCUT2D eigenvalue weighted by atomic mass is 19.1. The lowest BCUT2D eigenvalue weighted by molar-refractivity contribution is 0.102. The van der Waals surface area contributed by atoms with E-state index in [-0.39, 0.29) is 11.7 Å². The van der Waals surface area contributed by atoms with Crippen LogP contribution in [0.4, 0.5) is 21.5 Å². The van der Waals surface area contributed by atoms with Gasteiger partial charge in [-0.3, -0.25) is 9.78 Å². The summed E-state index contributed by atoms with van der Waals surface area (Å²) < 4.78 is 12.9. The second-order valence-corrected chi connectivity index (χ2v) is 5.85. The number of amides is 1. The average molecular weight is 335 g/mol. The third kappa shape index (κ3) is 4.20. The molecule has 2 aromatic carbocycles. The van der Waals surface area contributed by atoms with Crippen molar-refractivity contribution in [3.05, 3.63) is 83.4 Å². The Morgan fingerprint density at radius 3 is 2.32 bits per heavy atom. The number of aryl methyl sites for hydroxylation is 2. The summed E-state index contributed by atoms with van der Waals surface area (Å²) in [4.78, 5) is 16.4. The van der Waals surface area contributed by atoms with Crippen LogP contribution in [-0.4, -0.2) is 10.9 Å². The molecule has 0 aliphatic carbocycles. The fourth-order valence-corrected chi connectivity index (χ4v) is 2.35. The summed E-state index contributed by atoms with van der Waals surface area (Å²) in [7, 11) is 0. The molecule has 0 aliphatic rings. The van der Waals surface area contributed by atoms with Gasteiger partial charge in [0.1, 0.15) is 5.82 Å². The molecular weight excluding hydrogens is 317 g/mol. The molecule has 126 valence electrons. The van der Waals surface area contributed by atoms with Gasteiger partial charge in [-0.15, -0.1) is 0 Å². The van der Waals surface area contributed by atoms with Crippen LogP contribution in [0, 0.1) is 19.7 Å². The van der Waals surface area contributed by atoms with E-state index in [9.17, 15) is 9.18 Å². The van der Waals surface area contributed by atoms with Crippen molar-refractivity contribution in [2.24, 2.45) is 0 Å². The summed E-state index contributed by atoms with van der Waals surface area (Å²) in [5.74, 6) is -0.651. The maximum atomic E-state index is 12.9. The highest BCUT2D eigenvalue weighted by Crippen LogP contribution is 2.20. The van der Waals surface area contributed by atoms with E-state index in [2.05, 4.69) is 22.5 Å². The molecule has 5 heteroatoms. The maximum Gasteiger partial charge on any atom is 0.257 e. The predicted octanol–water partition coefficient (Wildman–Crippen LogP) is 4.83. The zero-order valence-electron chi connectivity index (χ0n) is 14.0. The molecule has 1 heterocycles. The van der Waals surface area contributed by atoms with Gasteiger partial charge in [-0.2, -0.15) is 0 Å². The van der Waals surface area contributed by atoms with Crippen molar-refractivity contribution in [3.63, 3.8) is 0 Å². The molecule has 0 bridgehead atoms. The number of halogens is 1. The summed E-state index contributed by atoms with van der Waals surface area (Å²) in [6, 6.07) is 13.4. The second kappa shape index (κ2) is 7.13. The number of aromatic nitrogens is 1. The van der Waals surface area contributed by atoms with Crippen LogP contribution in [0.15, 0.2) is 60.9 Å². The third-order valence-electron chi connectivity index (χ3n) is 3.90.